The van der Waals surface area contributed by atoms with E-state index >= 15 is 0 Å². The molecule has 0 saturated heterocycles. The molecule has 7 atom stereocenters. The highest BCUT2D eigenvalue weighted by atomic mass is 35.5. The highest BCUT2D eigenvalue weighted by Crippen LogP contribution is 2.66. The number of carbonyl (C=O) groups is 3. The zero-order chi connectivity index (χ0) is 20.8. The summed E-state index contributed by atoms with van der Waals surface area (Å²) in [6, 6.07) is 0. The summed E-state index contributed by atoms with van der Waals surface area (Å²) in [6.45, 7) is 5.14. The minimum Gasteiger partial charge on any atom is -0.374 e. The van der Waals surface area contributed by atoms with Gasteiger partial charge < -0.3 is 4.74 Å². The zero-order valence-electron chi connectivity index (χ0n) is 17.9. The molecule has 4 aliphatic rings. The Labute approximate surface area is 179 Å². The first-order chi connectivity index (χ1) is 13.8. The third-order valence-corrected chi connectivity index (χ3v) is 9.49. The third-order valence-electron chi connectivity index (χ3n) is 9.22. The number of ether oxygens (including phenoxy) is 1. The van der Waals surface area contributed by atoms with Crippen LogP contribution in [0.2, 0.25) is 0 Å². The number of halogens is 1. The summed E-state index contributed by atoms with van der Waals surface area (Å²) >= 11 is 5.68. The minimum atomic E-state index is -0.223. The van der Waals surface area contributed by atoms with Gasteiger partial charge in [0.15, 0.2) is 5.78 Å². The van der Waals surface area contributed by atoms with Crippen molar-refractivity contribution in [2.75, 3.05) is 19.1 Å². The lowest BCUT2D eigenvalue weighted by molar-refractivity contribution is -0.162. The lowest BCUT2D eigenvalue weighted by Gasteiger charge is -2.59. The van der Waals surface area contributed by atoms with Crippen LogP contribution in [0.25, 0.3) is 0 Å². The summed E-state index contributed by atoms with van der Waals surface area (Å²) in [4.78, 5) is 38.5. The first kappa shape index (κ1) is 21.5. The Kier molecular flexibility index (Phi) is 5.98. The van der Waals surface area contributed by atoms with E-state index in [1.54, 1.807) is 0 Å². The third kappa shape index (κ3) is 3.52. The van der Waals surface area contributed by atoms with Crippen LogP contribution in [-0.2, 0) is 19.1 Å². The molecule has 4 rings (SSSR count). The molecule has 0 unspecified atom stereocenters. The SMILES string of the molecule is C[C@]12CCC(=O)C[C@@H]1CC[C@H]1[C@@H]3CC[C@H](C(=O)COCCCCl)[C@@]3(C)CC(=O)[C@@H]12. The molecule has 0 heterocycles. The van der Waals surface area contributed by atoms with E-state index in [9.17, 15) is 14.4 Å². The zero-order valence-corrected chi connectivity index (χ0v) is 18.6. The van der Waals surface area contributed by atoms with Crippen molar-refractivity contribution < 1.29 is 19.1 Å². The van der Waals surface area contributed by atoms with Gasteiger partial charge in [-0.2, -0.15) is 0 Å². The minimum absolute atomic E-state index is 0.0258. The van der Waals surface area contributed by atoms with Crippen LogP contribution in [0.3, 0.4) is 0 Å². The molecule has 4 saturated carbocycles. The Bertz CT molecular complexity index is 690. The van der Waals surface area contributed by atoms with Crippen LogP contribution >= 0.6 is 11.6 Å². The number of fused-ring (bicyclic) bond motifs is 5. The van der Waals surface area contributed by atoms with Crippen molar-refractivity contribution in [1.29, 1.82) is 0 Å². The molecular weight excluding hydrogens is 388 g/mol. The lowest BCUT2D eigenvalue weighted by atomic mass is 9.44. The van der Waals surface area contributed by atoms with Crippen molar-refractivity contribution >= 4 is 29.0 Å². The van der Waals surface area contributed by atoms with E-state index in [4.69, 9.17) is 16.3 Å². The summed E-state index contributed by atoms with van der Waals surface area (Å²) in [7, 11) is 0. The maximum atomic E-state index is 13.5. The Morgan fingerprint density at radius 2 is 1.93 bits per heavy atom. The van der Waals surface area contributed by atoms with Gasteiger partial charge >= 0.3 is 0 Å². The molecule has 0 radical (unpaired) electrons. The second kappa shape index (κ2) is 8.07. The van der Waals surface area contributed by atoms with Gasteiger partial charge in [-0.3, -0.25) is 14.4 Å². The van der Waals surface area contributed by atoms with Crippen LogP contribution in [0.5, 0.6) is 0 Å². The molecular formula is C24H35ClO4. The standard InChI is InChI=1S/C24H35ClO4/c1-23-9-8-16(26)12-15(23)4-5-17-18-6-7-19(21(28)14-29-11-3-10-25)24(18,2)13-20(27)22(17)23/h15,17-19,22H,3-14H2,1-2H3/t15-,17-,18-,19+,22+,23-,24-/m0/s1. The molecule has 0 spiro atoms. The first-order valence-corrected chi connectivity index (χ1v) is 12.1. The second-order valence-electron chi connectivity index (χ2n) is 10.6. The van der Waals surface area contributed by atoms with Crippen LogP contribution < -0.4 is 0 Å². The summed E-state index contributed by atoms with van der Waals surface area (Å²) < 4.78 is 5.55. The summed E-state index contributed by atoms with van der Waals surface area (Å²) in [5.41, 5.74) is -0.249. The molecule has 0 aliphatic heterocycles. The quantitative estimate of drug-likeness (QED) is 0.463. The maximum Gasteiger partial charge on any atom is 0.162 e. The van der Waals surface area contributed by atoms with Gasteiger partial charge in [-0.25, -0.2) is 0 Å². The fourth-order valence-corrected chi connectivity index (χ4v) is 7.93. The summed E-state index contributed by atoms with van der Waals surface area (Å²) in [6.07, 6.45) is 7.46. The van der Waals surface area contributed by atoms with E-state index in [2.05, 4.69) is 13.8 Å². The Hall–Kier alpha value is -0.740. The molecule has 0 aromatic rings. The topological polar surface area (TPSA) is 60.4 Å². The fraction of sp³-hybridized carbons (Fsp3) is 0.875. The van der Waals surface area contributed by atoms with E-state index in [1.807, 2.05) is 0 Å². The van der Waals surface area contributed by atoms with E-state index in [1.165, 1.54) is 0 Å². The van der Waals surface area contributed by atoms with Crippen molar-refractivity contribution in [3.8, 4) is 0 Å². The van der Waals surface area contributed by atoms with Gasteiger partial charge in [0.05, 0.1) is 0 Å². The fourth-order valence-electron chi connectivity index (χ4n) is 7.82. The molecule has 5 heteroatoms. The largest absolute Gasteiger partial charge is 0.374 e. The Morgan fingerprint density at radius 1 is 1.14 bits per heavy atom. The second-order valence-corrected chi connectivity index (χ2v) is 11.0. The van der Waals surface area contributed by atoms with Crippen LogP contribution in [0.1, 0.15) is 71.6 Å². The predicted octanol–water partition coefficient (Wildman–Crippen LogP) is 4.61. The average molecular weight is 423 g/mol. The molecule has 0 bridgehead atoms. The molecule has 4 fully saturated rings. The number of hydrogen-bond acceptors (Lipinski definition) is 4. The number of carbonyl (C=O) groups excluding carboxylic acids is 3. The molecule has 0 aromatic carbocycles. The molecule has 4 aliphatic carbocycles. The molecule has 0 amide bonds. The van der Waals surface area contributed by atoms with Crippen LogP contribution in [0.4, 0.5) is 0 Å². The molecule has 162 valence electrons. The predicted molar refractivity (Wildman–Crippen MR) is 112 cm³/mol. The van der Waals surface area contributed by atoms with Crippen LogP contribution in [-0.4, -0.2) is 36.4 Å². The van der Waals surface area contributed by atoms with Crippen molar-refractivity contribution in [3.63, 3.8) is 0 Å². The van der Waals surface area contributed by atoms with Crippen molar-refractivity contribution in [1.82, 2.24) is 0 Å². The Morgan fingerprint density at radius 3 is 2.69 bits per heavy atom. The van der Waals surface area contributed by atoms with Gasteiger partial charge in [0, 0.05) is 43.6 Å². The molecule has 29 heavy (non-hydrogen) atoms. The highest BCUT2D eigenvalue weighted by Gasteiger charge is 2.64. The van der Waals surface area contributed by atoms with Gasteiger partial charge in [-0.15, -0.1) is 11.6 Å². The van der Waals surface area contributed by atoms with Crippen LogP contribution in [0, 0.1) is 40.4 Å². The number of rotatable bonds is 6. The maximum absolute atomic E-state index is 13.5. The van der Waals surface area contributed by atoms with E-state index in [0.29, 0.717) is 61.1 Å². The monoisotopic (exact) mass is 422 g/mol. The normalized spacial score (nSPS) is 44.2. The van der Waals surface area contributed by atoms with Gasteiger partial charge in [0.25, 0.3) is 0 Å². The van der Waals surface area contributed by atoms with E-state index in [-0.39, 0.29) is 35.1 Å². The van der Waals surface area contributed by atoms with Gasteiger partial charge in [0.1, 0.15) is 18.2 Å². The number of ketones is 3. The molecule has 0 N–H and O–H groups in total. The van der Waals surface area contributed by atoms with Gasteiger partial charge in [-0.05, 0) is 67.1 Å². The average Bonchev–Trinajstić information content (AvgIpc) is 3.02. The number of alkyl halides is 1. The Balaban J connectivity index is 1.52. The highest BCUT2D eigenvalue weighted by molar-refractivity contribution is 6.17. The smallest absolute Gasteiger partial charge is 0.162 e. The van der Waals surface area contributed by atoms with Crippen molar-refractivity contribution in [3.05, 3.63) is 0 Å². The lowest BCUT2D eigenvalue weighted by Crippen LogP contribution is -2.57. The molecule has 0 aromatic heterocycles. The van der Waals surface area contributed by atoms with E-state index < -0.39 is 0 Å². The van der Waals surface area contributed by atoms with Crippen molar-refractivity contribution in [2.24, 2.45) is 40.4 Å². The van der Waals surface area contributed by atoms with Gasteiger partial charge in [-0.1, -0.05) is 13.8 Å². The first-order valence-electron chi connectivity index (χ1n) is 11.5. The molecule has 4 nitrogen and oxygen atoms in total. The number of hydrogen-bond donors (Lipinski definition) is 0. The number of Topliss-reactive ketones (excluding diaryl/α,β-unsaturated/α-hetero) is 3. The van der Waals surface area contributed by atoms with Crippen LogP contribution in [0.15, 0.2) is 0 Å². The van der Waals surface area contributed by atoms with Gasteiger partial charge in [0.2, 0.25) is 0 Å². The van der Waals surface area contributed by atoms with E-state index in [0.717, 1.165) is 38.5 Å². The summed E-state index contributed by atoms with van der Waals surface area (Å²) in [5, 5.41) is 0. The summed E-state index contributed by atoms with van der Waals surface area (Å²) in [5.74, 6) is 2.65. The van der Waals surface area contributed by atoms with Crippen molar-refractivity contribution in [2.45, 2.75) is 71.6 Å².